The molecule has 0 aromatic rings. The van der Waals surface area contributed by atoms with Crippen molar-refractivity contribution in [2.75, 3.05) is 13.4 Å². The number of carbonyl (C=O) groups is 2. The monoisotopic (exact) mass is 202 g/mol. The number of hydrogen-bond donors (Lipinski definition) is 0. The molecule has 1 saturated heterocycles. The Kier molecular flexibility index (Phi) is 4.55. The first-order chi connectivity index (χ1) is 6.79. The highest BCUT2D eigenvalue weighted by molar-refractivity contribution is 5.80. The number of ether oxygens (including phenoxy) is 3. The first-order valence-electron chi connectivity index (χ1n) is 4.64. The van der Waals surface area contributed by atoms with Gasteiger partial charge in [0.05, 0.1) is 6.61 Å². The van der Waals surface area contributed by atoms with Crippen LogP contribution in [0.5, 0.6) is 0 Å². The Morgan fingerprint density at radius 3 is 3.00 bits per heavy atom. The molecule has 1 heterocycles. The molecule has 80 valence electrons. The maximum atomic E-state index is 11.3. The fourth-order valence-corrected chi connectivity index (χ4v) is 1.09. The van der Waals surface area contributed by atoms with Crippen molar-refractivity contribution in [2.24, 2.45) is 0 Å². The van der Waals surface area contributed by atoms with Crippen LogP contribution < -0.4 is 0 Å². The lowest BCUT2D eigenvalue weighted by atomic mass is 10.2. The molecular weight excluding hydrogens is 188 g/mol. The van der Waals surface area contributed by atoms with Crippen LogP contribution in [0, 0.1) is 0 Å². The van der Waals surface area contributed by atoms with Gasteiger partial charge >= 0.3 is 5.97 Å². The summed E-state index contributed by atoms with van der Waals surface area (Å²) in [6.45, 7) is 2.33. The first kappa shape index (κ1) is 11.1. The topological polar surface area (TPSA) is 61.8 Å². The highest BCUT2D eigenvalue weighted by atomic mass is 16.7. The fraction of sp³-hybridized carbons (Fsp3) is 0.778. The maximum Gasteiger partial charge on any atom is 0.338 e. The molecule has 2 atom stereocenters. The molecule has 5 nitrogen and oxygen atoms in total. The predicted octanol–water partition coefficient (Wildman–Crippen LogP) is 0.270. The van der Waals surface area contributed by atoms with E-state index in [2.05, 4.69) is 0 Å². The summed E-state index contributed by atoms with van der Waals surface area (Å²) in [6, 6.07) is 0. The van der Waals surface area contributed by atoms with Crippen molar-refractivity contribution in [3.63, 3.8) is 0 Å². The number of aldehydes is 1. The van der Waals surface area contributed by atoms with E-state index in [0.29, 0.717) is 12.9 Å². The minimum atomic E-state index is -0.885. The number of rotatable bonds is 5. The third kappa shape index (κ3) is 2.78. The Bertz CT molecular complexity index is 203. The van der Waals surface area contributed by atoms with Crippen LogP contribution >= 0.6 is 0 Å². The van der Waals surface area contributed by atoms with E-state index >= 15 is 0 Å². The van der Waals surface area contributed by atoms with E-state index in [1.807, 2.05) is 6.92 Å². The second-order valence-electron chi connectivity index (χ2n) is 2.99. The van der Waals surface area contributed by atoms with Crippen LogP contribution in [0.4, 0.5) is 0 Å². The van der Waals surface area contributed by atoms with Crippen LogP contribution in [-0.2, 0) is 23.8 Å². The van der Waals surface area contributed by atoms with Gasteiger partial charge in [-0.15, -0.1) is 0 Å². The van der Waals surface area contributed by atoms with Crippen LogP contribution in [0.3, 0.4) is 0 Å². The van der Waals surface area contributed by atoms with E-state index < -0.39 is 18.2 Å². The molecule has 1 rings (SSSR count). The van der Waals surface area contributed by atoms with Crippen molar-refractivity contribution in [3.8, 4) is 0 Å². The number of unbranched alkanes of at least 4 members (excludes halogenated alkanes) is 1. The van der Waals surface area contributed by atoms with E-state index in [-0.39, 0.29) is 6.79 Å². The zero-order valence-electron chi connectivity index (χ0n) is 8.10. The summed E-state index contributed by atoms with van der Waals surface area (Å²) < 4.78 is 14.7. The van der Waals surface area contributed by atoms with Gasteiger partial charge in [-0.25, -0.2) is 4.79 Å². The van der Waals surface area contributed by atoms with E-state index in [9.17, 15) is 9.59 Å². The van der Waals surface area contributed by atoms with E-state index in [1.54, 1.807) is 0 Å². The van der Waals surface area contributed by atoms with Gasteiger partial charge in [-0.1, -0.05) is 13.3 Å². The molecular formula is C9H14O5. The van der Waals surface area contributed by atoms with Crippen molar-refractivity contribution in [3.05, 3.63) is 0 Å². The lowest BCUT2D eigenvalue weighted by molar-refractivity contribution is -0.155. The molecule has 5 heteroatoms. The molecule has 0 aromatic heterocycles. The third-order valence-electron chi connectivity index (χ3n) is 1.92. The molecule has 0 aromatic carbocycles. The van der Waals surface area contributed by atoms with Crippen LogP contribution in [0.15, 0.2) is 0 Å². The average molecular weight is 202 g/mol. The van der Waals surface area contributed by atoms with Crippen LogP contribution in [0.2, 0.25) is 0 Å². The lowest BCUT2D eigenvalue weighted by Crippen LogP contribution is -2.34. The largest absolute Gasteiger partial charge is 0.464 e. The molecule has 1 fully saturated rings. The minimum Gasteiger partial charge on any atom is -0.464 e. The van der Waals surface area contributed by atoms with Gasteiger partial charge in [-0.3, -0.25) is 0 Å². The smallest absolute Gasteiger partial charge is 0.338 e. The molecule has 0 bridgehead atoms. The van der Waals surface area contributed by atoms with Gasteiger partial charge in [0.1, 0.15) is 6.79 Å². The summed E-state index contributed by atoms with van der Waals surface area (Å²) in [4.78, 5) is 21.7. The Balaban J connectivity index is 2.32. The van der Waals surface area contributed by atoms with E-state index in [1.165, 1.54) is 0 Å². The quantitative estimate of drug-likeness (QED) is 0.364. The third-order valence-corrected chi connectivity index (χ3v) is 1.92. The molecule has 2 unspecified atom stereocenters. The number of esters is 1. The molecule has 1 aliphatic rings. The van der Waals surface area contributed by atoms with Gasteiger partial charge < -0.3 is 19.0 Å². The van der Waals surface area contributed by atoms with Crippen molar-refractivity contribution in [2.45, 2.75) is 32.0 Å². The van der Waals surface area contributed by atoms with Crippen LogP contribution in [0.25, 0.3) is 0 Å². The summed E-state index contributed by atoms with van der Waals surface area (Å²) in [7, 11) is 0. The van der Waals surface area contributed by atoms with E-state index in [0.717, 1.165) is 12.8 Å². The highest BCUT2D eigenvalue weighted by Crippen LogP contribution is 2.12. The SMILES string of the molecule is CCCCOC(=O)C1OCOC1C=O. The van der Waals surface area contributed by atoms with Crippen LogP contribution in [-0.4, -0.2) is 37.9 Å². The van der Waals surface area contributed by atoms with Crippen molar-refractivity contribution in [1.82, 2.24) is 0 Å². The van der Waals surface area contributed by atoms with Crippen molar-refractivity contribution < 1.29 is 23.8 Å². The Morgan fingerprint density at radius 1 is 1.57 bits per heavy atom. The molecule has 0 amide bonds. The number of hydrogen-bond acceptors (Lipinski definition) is 5. The van der Waals surface area contributed by atoms with Gasteiger partial charge in [-0.2, -0.15) is 0 Å². The normalized spacial score (nSPS) is 26.1. The van der Waals surface area contributed by atoms with E-state index in [4.69, 9.17) is 14.2 Å². The molecule has 1 aliphatic heterocycles. The molecule has 0 saturated carbocycles. The molecule has 0 spiro atoms. The Morgan fingerprint density at radius 2 is 2.36 bits per heavy atom. The lowest BCUT2D eigenvalue weighted by Gasteiger charge is -2.10. The zero-order valence-corrected chi connectivity index (χ0v) is 8.10. The first-order valence-corrected chi connectivity index (χ1v) is 4.64. The van der Waals surface area contributed by atoms with Gasteiger partial charge in [-0.05, 0) is 6.42 Å². The second-order valence-corrected chi connectivity index (χ2v) is 2.99. The molecule has 0 radical (unpaired) electrons. The summed E-state index contributed by atoms with van der Waals surface area (Å²) in [6.07, 6.45) is 0.615. The maximum absolute atomic E-state index is 11.3. The summed E-state index contributed by atoms with van der Waals surface area (Å²) in [5.41, 5.74) is 0. The summed E-state index contributed by atoms with van der Waals surface area (Å²) in [5.74, 6) is -0.520. The van der Waals surface area contributed by atoms with Gasteiger partial charge in [0.25, 0.3) is 0 Å². The van der Waals surface area contributed by atoms with Gasteiger partial charge in [0.2, 0.25) is 0 Å². The van der Waals surface area contributed by atoms with Crippen molar-refractivity contribution >= 4 is 12.3 Å². The average Bonchev–Trinajstić information content (AvgIpc) is 2.65. The second kappa shape index (κ2) is 5.72. The van der Waals surface area contributed by atoms with Crippen LogP contribution in [0.1, 0.15) is 19.8 Å². The summed E-state index contributed by atoms with van der Waals surface area (Å²) >= 11 is 0. The summed E-state index contributed by atoms with van der Waals surface area (Å²) in [5, 5.41) is 0. The van der Waals surface area contributed by atoms with Gasteiger partial charge in [0.15, 0.2) is 18.5 Å². The number of carbonyl (C=O) groups excluding carboxylic acids is 2. The minimum absolute atomic E-state index is 0.0308. The van der Waals surface area contributed by atoms with Gasteiger partial charge in [0, 0.05) is 0 Å². The standard InChI is InChI=1S/C9H14O5/c1-2-3-4-12-9(11)8-7(5-10)13-6-14-8/h5,7-8H,2-4,6H2,1H3. The fourth-order valence-electron chi connectivity index (χ4n) is 1.09. The zero-order chi connectivity index (χ0) is 10.4. The molecule has 0 N–H and O–H groups in total. The molecule has 14 heavy (non-hydrogen) atoms. The predicted molar refractivity (Wildman–Crippen MR) is 46.5 cm³/mol. The highest BCUT2D eigenvalue weighted by Gasteiger charge is 2.36. The molecule has 0 aliphatic carbocycles. The van der Waals surface area contributed by atoms with Crippen molar-refractivity contribution in [1.29, 1.82) is 0 Å². The Hall–Kier alpha value is -0.940. The Labute approximate surface area is 82.3 Å².